The number of nitrogen functional groups attached to an aromatic ring is 1. The molecule has 0 aliphatic carbocycles. The second-order valence-corrected chi connectivity index (χ2v) is 4.34. The fourth-order valence-electron chi connectivity index (χ4n) is 2.02. The highest BCUT2D eigenvalue weighted by molar-refractivity contribution is 6.00. The summed E-state index contributed by atoms with van der Waals surface area (Å²) < 4.78 is 5.38. The molecular weight excluding hydrogens is 250 g/mol. The normalized spacial score (nSPS) is 18.2. The summed E-state index contributed by atoms with van der Waals surface area (Å²) in [6, 6.07) is 4.18. The first-order valence-electron chi connectivity index (χ1n) is 6.02. The van der Waals surface area contributed by atoms with E-state index in [1.165, 1.54) is 18.2 Å². The number of amides is 1. The maximum Gasteiger partial charge on any atom is 0.292 e. The van der Waals surface area contributed by atoms with Gasteiger partial charge in [-0.25, -0.2) is 0 Å². The number of carbonyl (C=O) groups is 1. The van der Waals surface area contributed by atoms with E-state index in [0.29, 0.717) is 13.2 Å². The maximum absolute atomic E-state index is 11.9. The molecule has 0 radical (unpaired) electrons. The SMILES string of the molecule is Nc1c(C(=O)NCC2CCCO2)cccc1[N+](=O)[O-]. The minimum absolute atomic E-state index is 0.0175. The highest BCUT2D eigenvalue weighted by Crippen LogP contribution is 2.24. The van der Waals surface area contributed by atoms with Gasteiger partial charge in [-0.3, -0.25) is 14.9 Å². The molecule has 1 aromatic rings. The summed E-state index contributed by atoms with van der Waals surface area (Å²) in [6.07, 6.45) is 1.91. The number of carbonyl (C=O) groups excluding carboxylic acids is 1. The number of nitro groups is 1. The number of rotatable bonds is 4. The summed E-state index contributed by atoms with van der Waals surface area (Å²) in [6.45, 7) is 1.10. The average Bonchev–Trinajstić information content (AvgIpc) is 2.89. The van der Waals surface area contributed by atoms with Gasteiger partial charge in [-0.05, 0) is 18.9 Å². The molecule has 0 bridgehead atoms. The molecule has 102 valence electrons. The number of nitrogens with zero attached hydrogens (tertiary/aromatic N) is 1. The Kier molecular flexibility index (Phi) is 3.96. The molecule has 1 saturated heterocycles. The van der Waals surface area contributed by atoms with Crippen LogP contribution in [0, 0.1) is 10.1 Å². The van der Waals surface area contributed by atoms with Crippen LogP contribution in [0.5, 0.6) is 0 Å². The number of para-hydroxylation sites is 1. The van der Waals surface area contributed by atoms with Gasteiger partial charge in [-0.1, -0.05) is 6.07 Å². The van der Waals surface area contributed by atoms with Gasteiger partial charge in [0.25, 0.3) is 11.6 Å². The van der Waals surface area contributed by atoms with Gasteiger partial charge in [0.15, 0.2) is 0 Å². The number of anilines is 1. The van der Waals surface area contributed by atoms with E-state index >= 15 is 0 Å². The number of nitro benzene ring substituents is 1. The summed E-state index contributed by atoms with van der Waals surface area (Å²) in [5.74, 6) is -0.420. The van der Waals surface area contributed by atoms with Gasteiger partial charge in [-0.2, -0.15) is 0 Å². The zero-order chi connectivity index (χ0) is 13.8. The van der Waals surface area contributed by atoms with E-state index in [1.807, 2.05) is 0 Å². The van der Waals surface area contributed by atoms with Gasteiger partial charge in [0.2, 0.25) is 0 Å². The van der Waals surface area contributed by atoms with Crippen molar-refractivity contribution >= 4 is 17.3 Å². The van der Waals surface area contributed by atoms with Crippen LogP contribution in [0.3, 0.4) is 0 Å². The van der Waals surface area contributed by atoms with Crippen LogP contribution in [0.4, 0.5) is 11.4 Å². The standard InChI is InChI=1S/C12H15N3O4/c13-11-9(4-1-5-10(11)15(17)18)12(16)14-7-8-3-2-6-19-8/h1,4-5,8H,2-3,6-7,13H2,(H,14,16). The van der Waals surface area contributed by atoms with Crippen molar-refractivity contribution in [2.45, 2.75) is 18.9 Å². The Morgan fingerprint density at radius 3 is 3.00 bits per heavy atom. The van der Waals surface area contributed by atoms with Gasteiger partial charge in [0.05, 0.1) is 16.6 Å². The Morgan fingerprint density at radius 1 is 1.58 bits per heavy atom. The second-order valence-electron chi connectivity index (χ2n) is 4.34. The molecule has 3 N–H and O–H groups in total. The molecule has 7 heteroatoms. The molecule has 2 rings (SSSR count). The van der Waals surface area contributed by atoms with Crippen molar-refractivity contribution in [3.8, 4) is 0 Å². The van der Waals surface area contributed by atoms with Gasteiger partial charge in [0.1, 0.15) is 5.69 Å². The van der Waals surface area contributed by atoms with Gasteiger partial charge < -0.3 is 15.8 Å². The van der Waals surface area contributed by atoms with Crippen LogP contribution in [0.1, 0.15) is 23.2 Å². The Hall–Kier alpha value is -2.15. The molecule has 0 aromatic heterocycles. The largest absolute Gasteiger partial charge is 0.393 e. The molecule has 19 heavy (non-hydrogen) atoms. The van der Waals surface area contributed by atoms with Crippen LogP contribution in [0.25, 0.3) is 0 Å². The molecule has 7 nitrogen and oxygen atoms in total. The highest BCUT2D eigenvalue weighted by atomic mass is 16.6. The van der Waals surface area contributed by atoms with Crippen LogP contribution >= 0.6 is 0 Å². The highest BCUT2D eigenvalue weighted by Gasteiger charge is 2.21. The number of nitrogens with one attached hydrogen (secondary N) is 1. The maximum atomic E-state index is 11.9. The Balaban J connectivity index is 2.06. The first-order valence-corrected chi connectivity index (χ1v) is 6.02. The van der Waals surface area contributed by atoms with Crippen LogP contribution in [-0.2, 0) is 4.74 Å². The summed E-state index contributed by atoms with van der Waals surface area (Å²) in [5.41, 5.74) is 5.38. The molecule has 1 heterocycles. The molecule has 1 aromatic carbocycles. The van der Waals surface area contributed by atoms with Crippen molar-refractivity contribution in [2.24, 2.45) is 0 Å². The van der Waals surface area contributed by atoms with Crippen LogP contribution in [0.2, 0.25) is 0 Å². The molecular formula is C12H15N3O4. The van der Waals surface area contributed by atoms with Crippen molar-refractivity contribution in [1.82, 2.24) is 5.32 Å². The molecule has 1 fully saturated rings. The molecule has 1 atom stereocenters. The molecule has 1 aliphatic heterocycles. The third kappa shape index (κ3) is 3.00. The zero-order valence-electron chi connectivity index (χ0n) is 10.3. The topological polar surface area (TPSA) is 107 Å². The first kappa shape index (κ1) is 13.3. The number of ether oxygens (including phenoxy) is 1. The number of nitrogens with two attached hydrogens (primary N) is 1. The lowest BCUT2D eigenvalue weighted by atomic mass is 10.1. The monoisotopic (exact) mass is 265 g/mol. The lowest BCUT2D eigenvalue weighted by Gasteiger charge is -2.11. The number of hydrogen-bond acceptors (Lipinski definition) is 5. The lowest BCUT2D eigenvalue weighted by molar-refractivity contribution is -0.383. The average molecular weight is 265 g/mol. The summed E-state index contributed by atoms with van der Waals surface area (Å²) >= 11 is 0. The van der Waals surface area contributed by atoms with Crippen LogP contribution in [0.15, 0.2) is 18.2 Å². The molecule has 0 spiro atoms. The third-order valence-electron chi connectivity index (χ3n) is 3.04. The van der Waals surface area contributed by atoms with Crippen molar-refractivity contribution in [1.29, 1.82) is 0 Å². The minimum Gasteiger partial charge on any atom is -0.393 e. The second kappa shape index (κ2) is 5.66. The van der Waals surface area contributed by atoms with Gasteiger partial charge in [0, 0.05) is 19.2 Å². The van der Waals surface area contributed by atoms with Gasteiger partial charge >= 0.3 is 0 Å². The fraction of sp³-hybridized carbons (Fsp3) is 0.417. The van der Waals surface area contributed by atoms with Crippen molar-refractivity contribution in [3.63, 3.8) is 0 Å². The molecule has 1 unspecified atom stereocenters. The quantitative estimate of drug-likeness (QED) is 0.481. The Bertz CT molecular complexity index is 498. The van der Waals surface area contributed by atoms with E-state index in [9.17, 15) is 14.9 Å². The Labute approximate surface area is 109 Å². The van der Waals surface area contributed by atoms with Crippen molar-refractivity contribution in [3.05, 3.63) is 33.9 Å². The molecule has 1 aliphatic rings. The van der Waals surface area contributed by atoms with Crippen molar-refractivity contribution < 1.29 is 14.5 Å². The summed E-state index contributed by atoms with van der Waals surface area (Å²) in [4.78, 5) is 22.1. The van der Waals surface area contributed by atoms with E-state index < -0.39 is 10.8 Å². The number of benzene rings is 1. The minimum atomic E-state index is -0.605. The molecule has 0 saturated carbocycles. The summed E-state index contributed by atoms with van der Waals surface area (Å²) in [5, 5.41) is 13.4. The fourth-order valence-corrected chi connectivity index (χ4v) is 2.02. The summed E-state index contributed by atoms with van der Waals surface area (Å²) in [7, 11) is 0. The third-order valence-corrected chi connectivity index (χ3v) is 3.04. The number of hydrogen-bond donors (Lipinski definition) is 2. The smallest absolute Gasteiger partial charge is 0.292 e. The van der Waals surface area contributed by atoms with Crippen LogP contribution < -0.4 is 11.1 Å². The van der Waals surface area contributed by atoms with Crippen molar-refractivity contribution in [2.75, 3.05) is 18.9 Å². The van der Waals surface area contributed by atoms with E-state index in [1.54, 1.807) is 0 Å². The van der Waals surface area contributed by atoms with Gasteiger partial charge in [-0.15, -0.1) is 0 Å². The zero-order valence-corrected chi connectivity index (χ0v) is 10.3. The lowest BCUT2D eigenvalue weighted by Crippen LogP contribution is -2.32. The van der Waals surface area contributed by atoms with E-state index in [0.717, 1.165) is 12.8 Å². The first-order chi connectivity index (χ1) is 9.09. The van der Waals surface area contributed by atoms with E-state index in [-0.39, 0.29) is 23.0 Å². The predicted octanol–water partition coefficient (Wildman–Crippen LogP) is 1.09. The van der Waals surface area contributed by atoms with Crippen LogP contribution in [-0.4, -0.2) is 30.1 Å². The van der Waals surface area contributed by atoms with E-state index in [4.69, 9.17) is 10.5 Å². The van der Waals surface area contributed by atoms with E-state index in [2.05, 4.69) is 5.32 Å². The molecule has 1 amide bonds. The predicted molar refractivity (Wildman–Crippen MR) is 68.8 cm³/mol. The Morgan fingerprint density at radius 2 is 2.37 bits per heavy atom.